The maximum atomic E-state index is 12.8. The molecule has 1 fully saturated rings. The first-order valence-corrected chi connectivity index (χ1v) is 11.7. The number of nitrogens with zero attached hydrogens (tertiary/aromatic N) is 5. The number of hydrogen-bond acceptors (Lipinski definition) is 7. The van der Waals surface area contributed by atoms with E-state index in [2.05, 4.69) is 30.9 Å². The van der Waals surface area contributed by atoms with E-state index < -0.39 is 5.91 Å². The van der Waals surface area contributed by atoms with E-state index in [1.807, 2.05) is 19.4 Å². The van der Waals surface area contributed by atoms with Gasteiger partial charge in [0.25, 0.3) is 5.91 Å². The Labute approximate surface area is 212 Å². The van der Waals surface area contributed by atoms with E-state index in [1.54, 1.807) is 52.2 Å². The van der Waals surface area contributed by atoms with Gasteiger partial charge < -0.3 is 26.0 Å². The number of primary amides is 1. The molecule has 5 rings (SSSR count). The van der Waals surface area contributed by atoms with Gasteiger partial charge in [-0.2, -0.15) is 10.2 Å². The predicted octanol–water partition coefficient (Wildman–Crippen LogP) is 3.08. The Balaban J connectivity index is 1.27. The van der Waals surface area contributed by atoms with Crippen LogP contribution in [-0.4, -0.2) is 62.0 Å². The number of nitrogens with two attached hydrogens (primary N) is 1. The number of pyridine rings is 1. The van der Waals surface area contributed by atoms with Crippen LogP contribution in [0.5, 0.6) is 5.88 Å². The molecule has 1 aliphatic heterocycles. The van der Waals surface area contributed by atoms with E-state index >= 15 is 0 Å². The molecule has 0 bridgehead atoms. The fourth-order valence-corrected chi connectivity index (χ4v) is 4.41. The minimum atomic E-state index is -0.637. The second-order valence-corrected chi connectivity index (χ2v) is 8.78. The number of likely N-dealkylation sites (tertiary alicyclic amines) is 1. The number of amides is 3. The zero-order chi connectivity index (χ0) is 25.9. The number of aromatic amines is 1. The first-order chi connectivity index (χ1) is 17.9. The van der Waals surface area contributed by atoms with Crippen molar-refractivity contribution in [3.63, 3.8) is 0 Å². The van der Waals surface area contributed by atoms with Gasteiger partial charge in [0.15, 0.2) is 0 Å². The summed E-state index contributed by atoms with van der Waals surface area (Å²) in [6, 6.07) is 10.3. The molecule has 1 unspecified atom stereocenters. The predicted molar refractivity (Wildman–Crippen MR) is 138 cm³/mol. The molecule has 0 radical (unpaired) electrons. The number of anilines is 3. The molecule has 1 aromatic carbocycles. The van der Waals surface area contributed by atoms with Crippen LogP contribution in [0.1, 0.15) is 28.3 Å². The van der Waals surface area contributed by atoms with Crippen LogP contribution in [0.2, 0.25) is 0 Å². The van der Waals surface area contributed by atoms with Crippen LogP contribution in [0, 0.1) is 0 Å². The second kappa shape index (κ2) is 10.0. The maximum Gasteiger partial charge on any atom is 0.321 e. The highest BCUT2D eigenvalue weighted by molar-refractivity contribution is 6.04. The number of ether oxygens (including phenoxy) is 1. The Bertz CT molecular complexity index is 1430. The SMILES string of the molecule is COc1cc(Nc2[nH]nc(-c3ccc(NC(=O)N4CCC(c5cnn(C)c5)C4)cc3)c2C(N)=O)ccn1. The lowest BCUT2D eigenvalue weighted by atomic mass is 10.0. The van der Waals surface area contributed by atoms with Gasteiger partial charge in [0.2, 0.25) is 5.88 Å². The number of carbonyl (C=O) groups excluding carboxylic acids is 2. The normalized spacial score (nSPS) is 15.0. The monoisotopic (exact) mass is 501 g/mol. The minimum Gasteiger partial charge on any atom is -0.481 e. The van der Waals surface area contributed by atoms with Gasteiger partial charge in [-0.25, -0.2) is 9.78 Å². The molecule has 12 nitrogen and oxygen atoms in total. The molecule has 190 valence electrons. The van der Waals surface area contributed by atoms with Gasteiger partial charge >= 0.3 is 6.03 Å². The molecular formula is C25H27N9O3. The molecule has 5 N–H and O–H groups in total. The van der Waals surface area contributed by atoms with E-state index in [0.29, 0.717) is 47.4 Å². The van der Waals surface area contributed by atoms with Crippen LogP contribution < -0.4 is 21.1 Å². The Kier molecular flexibility index (Phi) is 6.45. The maximum absolute atomic E-state index is 12.8. The fraction of sp³-hybridized carbons (Fsp3) is 0.240. The molecule has 4 aromatic rings. The minimum absolute atomic E-state index is 0.156. The first kappa shape index (κ1) is 23.9. The molecule has 37 heavy (non-hydrogen) atoms. The molecule has 12 heteroatoms. The van der Waals surface area contributed by atoms with Crippen molar-refractivity contribution in [2.45, 2.75) is 12.3 Å². The number of H-pyrrole nitrogens is 1. The summed E-state index contributed by atoms with van der Waals surface area (Å²) < 4.78 is 6.91. The van der Waals surface area contributed by atoms with Crippen LogP contribution in [0.4, 0.5) is 22.0 Å². The van der Waals surface area contributed by atoms with Crippen LogP contribution in [0.3, 0.4) is 0 Å². The van der Waals surface area contributed by atoms with E-state index in [0.717, 1.165) is 12.0 Å². The molecule has 4 heterocycles. The largest absolute Gasteiger partial charge is 0.481 e. The summed E-state index contributed by atoms with van der Waals surface area (Å²) in [4.78, 5) is 31.0. The van der Waals surface area contributed by atoms with Crippen LogP contribution >= 0.6 is 0 Å². The zero-order valence-corrected chi connectivity index (χ0v) is 20.4. The number of methoxy groups -OCH3 is 1. The number of hydrogen-bond donors (Lipinski definition) is 4. The summed E-state index contributed by atoms with van der Waals surface area (Å²) >= 11 is 0. The van der Waals surface area contributed by atoms with E-state index in [-0.39, 0.29) is 17.5 Å². The third-order valence-corrected chi connectivity index (χ3v) is 6.31. The van der Waals surface area contributed by atoms with Crippen LogP contribution in [0.15, 0.2) is 55.0 Å². The number of nitrogens with one attached hydrogen (secondary N) is 3. The smallest absolute Gasteiger partial charge is 0.321 e. The lowest BCUT2D eigenvalue weighted by Gasteiger charge is -2.17. The zero-order valence-electron chi connectivity index (χ0n) is 20.4. The quantitative estimate of drug-likeness (QED) is 0.303. The van der Waals surface area contributed by atoms with Crippen molar-refractivity contribution in [1.29, 1.82) is 0 Å². The van der Waals surface area contributed by atoms with Crippen molar-refractivity contribution in [3.8, 4) is 17.1 Å². The molecule has 3 amide bonds. The van der Waals surface area contributed by atoms with Crippen molar-refractivity contribution in [1.82, 2.24) is 29.9 Å². The molecule has 3 aromatic heterocycles. The number of carbonyl (C=O) groups is 2. The number of urea groups is 1. The summed E-state index contributed by atoms with van der Waals surface area (Å²) in [5, 5.41) is 17.4. The lowest BCUT2D eigenvalue weighted by molar-refractivity contribution is 0.100. The topological polar surface area (TPSA) is 156 Å². The van der Waals surface area contributed by atoms with E-state index in [1.165, 1.54) is 7.11 Å². The van der Waals surface area contributed by atoms with Crippen molar-refractivity contribution in [2.75, 3.05) is 30.8 Å². The van der Waals surface area contributed by atoms with Gasteiger partial charge in [-0.1, -0.05) is 12.1 Å². The molecule has 0 spiro atoms. The number of benzene rings is 1. The van der Waals surface area contributed by atoms with Gasteiger partial charge in [-0.15, -0.1) is 0 Å². The van der Waals surface area contributed by atoms with Gasteiger partial charge in [0.05, 0.1) is 13.3 Å². The average molecular weight is 502 g/mol. The lowest BCUT2D eigenvalue weighted by Crippen LogP contribution is -2.32. The van der Waals surface area contributed by atoms with Crippen LogP contribution in [-0.2, 0) is 7.05 Å². The van der Waals surface area contributed by atoms with Gasteiger partial charge in [-0.05, 0) is 30.2 Å². The fourth-order valence-electron chi connectivity index (χ4n) is 4.41. The summed E-state index contributed by atoms with van der Waals surface area (Å²) in [5.74, 6) is 0.418. The molecule has 1 saturated heterocycles. The molecule has 0 aliphatic carbocycles. The Morgan fingerprint density at radius 1 is 1.19 bits per heavy atom. The Morgan fingerprint density at radius 3 is 2.70 bits per heavy atom. The molecule has 0 saturated carbocycles. The summed E-state index contributed by atoms with van der Waals surface area (Å²) in [6.07, 6.45) is 6.33. The average Bonchev–Trinajstić information content (AvgIpc) is 3.64. The van der Waals surface area contributed by atoms with Crippen molar-refractivity contribution in [3.05, 3.63) is 66.1 Å². The van der Waals surface area contributed by atoms with Crippen molar-refractivity contribution in [2.24, 2.45) is 12.8 Å². The third kappa shape index (κ3) is 5.08. The van der Waals surface area contributed by atoms with E-state index in [9.17, 15) is 9.59 Å². The first-order valence-electron chi connectivity index (χ1n) is 11.7. The van der Waals surface area contributed by atoms with Gasteiger partial charge in [0, 0.05) is 61.5 Å². The number of aryl methyl sites for hydroxylation is 1. The summed E-state index contributed by atoms with van der Waals surface area (Å²) in [5.41, 5.74) is 9.39. The molecule has 1 atom stereocenters. The number of rotatable bonds is 7. The molecule has 1 aliphatic rings. The highest BCUT2D eigenvalue weighted by atomic mass is 16.5. The van der Waals surface area contributed by atoms with Crippen LogP contribution in [0.25, 0.3) is 11.3 Å². The van der Waals surface area contributed by atoms with Gasteiger partial charge in [-0.3, -0.25) is 14.6 Å². The Hall–Kier alpha value is -4.87. The summed E-state index contributed by atoms with van der Waals surface area (Å²) in [6.45, 7) is 1.32. The van der Waals surface area contributed by atoms with E-state index in [4.69, 9.17) is 10.5 Å². The highest BCUT2D eigenvalue weighted by Gasteiger charge is 2.28. The molecular weight excluding hydrogens is 474 g/mol. The standard InChI is InChI=1S/C25H27N9O3/c1-33-13-17(12-28-33)16-8-10-34(14-16)25(36)30-18-5-3-15(4-6-18)22-21(23(26)35)24(32-31-22)29-19-7-9-27-20(11-19)37-2/h3-7,9,11-13,16H,8,10,14H2,1-2H3,(H2,26,35)(H,30,36)(H2,27,29,31,32). The van der Waals surface area contributed by atoms with Gasteiger partial charge in [0.1, 0.15) is 17.1 Å². The third-order valence-electron chi connectivity index (χ3n) is 6.31. The second-order valence-electron chi connectivity index (χ2n) is 8.78. The Morgan fingerprint density at radius 2 is 2.00 bits per heavy atom. The summed E-state index contributed by atoms with van der Waals surface area (Å²) in [7, 11) is 3.41. The number of aromatic nitrogens is 5. The van der Waals surface area contributed by atoms with Crippen molar-refractivity contribution >= 4 is 29.1 Å². The van der Waals surface area contributed by atoms with Crippen molar-refractivity contribution < 1.29 is 14.3 Å². The highest BCUT2D eigenvalue weighted by Crippen LogP contribution is 2.31.